The van der Waals surface area contributed by atoms with E-state index in [1.54, 1.807) is 6.29 Å². The summed E-state index contributed by atoms with van der Waals surface area (Å²) in [7, 11) is 0. The Morgan fingerprint density at radius 1 is 1.78 bits per heavy atom. The minimum atomic E-state index is -0.441. The fraction of sp³-hybridized carbons (Fsp3) is 0.600. The van der Waals surface area contributed by atoms with E-state index in [0.717, 1.165) is 0 Å². The number of carbonyl (C=O) groups is 1. The first-order chi connectivity index (χ1) is 4.31. The van der Waals surface area contributed by atoms with Crippen LogP contribution >= 0.6 is 11.8 Å². The van der Waals surface area contributed by atoms with Crippen molar-refractivity contribution < 1.29 is 9.59 Å². The van der Waals surface area contributed by atoms with Gasteiger partial charge in [-0.2, -0.15) is 11.8 Å². The highest BCUT2D eigenvalue weighted by Crippen LogP contribution is 1.96. The molecule has 0 unspecified atom stereocenters. The summed E-state index contributed by atoms with van der Waals surface area (Å²) in [6, 6.07) is -0.441. The van der Waals surface area contributed by atoms with E-state index in [2.05, 4.69) is 0 Å². The van der Waals surface area contributed by atoms with Crippen LogP contribution in [0.4, 0.5) is 0 Å². The van der Waals surface area contributed by atoms with Gasteiger partial charge in [0.2, 0.25) is 6.29 Å². The lowest BCUT2D eigenvalue weighted by atomic mass is 10.4. The first-order valence-electron chi connectivity index (χ1n) is 2.45. The van der Waals surface area contributed by atoms with Gasteiger partial charge < -0.3 is 10.5 Å². The molecule has 1 radical (unpaired) electrons. The topological polar surface area (TPSA) is 60.2 Å². The van der Waals surface area contributed by atoms with Gasteiger partial charge in [-0.3, -0.25) is 4.79 Å². The van der Waals surface area contributed by atoms with E-state index in [9.17, 15) is 9.59 Å². The molecule has 0 fully saturated rings. The van der Waals surface area contributed by atoms with Gasteiger partial charge in [-0.1, -0.05) is 0 Å². The molecular formula is C5H8NO2S. The number of nitrogens with two attached hydrogens (primary N) is 1. The van der Waals surface area contributed by atoms with Crippen molar-refractivity contribution in [3.8, 4) is 0 Å². The number of aldehydes is 1. The molecule has 0 saturated carbocycles. The van der Waals surface area contributed by atoms with Crippen LogP contribution in [0.5, 0.6) is 0 Å². The number of rotatable bonds is 5. The Hall–Kier alpha value is -0.350. The Morgan fingerprint density at radius 3 is 2.89 bits per heavy atom. The van der Waals surface area contributed by atoms with Gasteiger partial charge in [0.1, 0.15) is 6.29 Å². The lowest BCUT2D eigenvalue weighted by Crippen LogP contribution is -2.24. The van der Waals surface area contributed by atoms with Gasteiger partial charge in [-0.25, -0.2) is 0 Å². The van der Waals surface area contributed by atoms with Crippen molar-refractivity contribution in [2.75, 3.05) is 11.5 Å². The van der Waals surface area contributed by atoms with Gasteiger partial charge in [0.15, 0.2) is 0 Å². The van der Waals surface area contributed by atoms with Crippen molar-refractivity contribution >= 4 is 24.3 Å². The Balaban J connectivity index is 3.05. The summed E-state index contributed by atoms with van der Waals surface area (Å²) in [5, 5.41) is 0. The van der Waals surface area contributed by atoms with Crippen molar-refractivity contribution in [1.29, 1.82) is 0 Å². The van der Waals surface area contributed by atoms with E-state index in [-0.39, 0.29) is 0 Å². The molecule has 0 bridgehead atoms. The first-order valence-corrected chi connectivity index (χ1v) is 3.60. The Bertz CT molecular complexity index is 97.0. The van der Waals surface area contributed by atoms with Crippen molar-refractivity contribution in [2.45, 2.75) is 6.04 Å². The van der Waals surface area contributed by atoms with Crippen molar-refractivity contribution in [2.24, 2.45) is 5.73 Å². The molecule has 9 heavy (non-hydrogen) atoms. The number of thioether (sulfide) groups is 1. The molecule has 0 heterocycles. The third-order valence-corrected chi connectivity index (χ3v) is 1.59. The van der Waals surface area contributed by atoms with Crippen LogP contribution in [-0.2, 0) is 9.59 Å². The molecule has 0 aliphatic carbocycles. The molecule has 0 spiro atoms. The van der Waals surface area contributed by atoms with Crippen LogP contribution in [0, 0.1) is 0 Å². The van der Waals surface area contributed by atoms with Crippen LogP contribution in [-0.4, -0.2) is 30.1 Å². The number of hydrogen-bond donors (Lipinski definition) is 1. The third kappa shape index (κ3) is 5.52. The highest BCUT2D eigenvalue weighted by atomic mass is 32.2. The SMILES string of the molecule is N[C@H](C=O)CSC[C]=O. The van der Waals surface area contributed by atoms with E-state index in [1.165, 1.54) is 11.8 Å². The average Bonchev–Trinajstić information content (AvgIpc) is 1.89. The van der Waals surface area contributed by atoms with Gasteiger partial charge in [-0.15, -0.1) is 0 Å². The molecule has 3 nitrogen and oxygen atoms in total. The summed E-state index contributed by atoms with van der Waals surface area (Å²) < 4.78 is 0. The molecule has 1 atom stereocenters. The summed E-state index contributed by atoms with van der Waals surface area (Å²) >= 11 is 1.31. The lowest BCUT2D eigenvalue weighted by molar-refractivity contribution is -0.108. The molecule has 0 aromatic rings. The Morgan fingerprint density at radius 2 is 2.44 bits per heavy atom. The maximum atomic E-state index is 9.86. The van der Waals surface area contributed by atoms with Crippen LogP contribution in [0.1, 0.15) is 0 Å². The van der Waals surface area contributed by atoms with E-state index in [0.29, 0.717) is 17.8 Å². The molecule has 51 valence electrons. The molecular weight excluding hydrogens is 138 g/mol. The van der Waals surface area contributed by atoms with Crippen LogP contribution in [0.15, 0.2) is 0 Å². The maximum Gasteiger partial charge on any atom is 0.209 e. The quantitative estimate of drug-likeness (QED) is 0.414. The highest BCUT2D eigenvalue weighted by Gasteiger charge is 1.97. The highest BCUT2D eigenvalue weighted by molar-refractivity contribution is 7.99. The van der Waals surface area contributed by atoms with Crippen LogP contribution < -0.4 is 5.73 Å². The monoisotopic (exact) mass is 146 g/mol. The third-order valence-electron chi connectivity index (χ3n) is 0.646. The van der Waals surface area contributed by atoms with Gasteiger partial charge in [-0.05, 0) is 0 Å². The molecule has 0 amide bonds. The Labute approximate surface area is 58.0 Å². The van der Waals surface area contributed by atoms with E-state index in [1.807, 2.05) is 0 Å². The summed E-state index contributed by atoms with van der Waals surface area (Å²) in [6.45, 7) is 0. The van der Waals surface area contributed by atoms with Gasteiger partial charge >= 0.3 is 0 Å². The van der Waals surface area contributed by atoms with Gasteiger partial charge in [0.05, 0.1) is 11.8 Å². The fourth-order valence-corrected chi connectivity index (χ4v) is 0.828. The normalized spacial score (nSPS) is 12.6. The minimum absolute atomic E-state index is 0.293. The zero-order valence-corrected chi connectivity index (χ0v) is 5.69. The number of hydrogen-bond acceptors (Lipinski definition) is 4. The van der Waals surface area contributed by atoms with Crippen LogP contribution in [0.25, 0.3) is 0 Å². The first kappa shape index (κ1) is 8.65. The molecule has 0 aliphatic heterocycles. The molecule has 0 aliphatic rings. The second-order valence-corrected chi connectivity index (χ2v) is 2.49. The molecule has 0 aromatic heterocycles. The van der Waals surface area contributed by atoms with E-state index >= 15 is 0 Å². The molecule has 0 saturated heterocycles. The predicted molar refractivity (Wildman–Crippen MR) is 37.1 cm³/mol. The molecule has 2 N–H and O–H groups in total. The van der Waals surface area contributed by atoms with Gasteiger partial charge in [0, 0.05) is 5.75 Å². The summed E-state index contributed by atoms with van der Waals surface area (Å²) in [5.41, 5.74) is 5.20. The van der Waals surface area contributed by atoms with Gasteiger partial charge in [0.25, 0.3) is 0 Å². The van der Waals surface area contributed by atoms with E-state index < -0.39 is 6.04 Å². The van der Waals surface area contributed by atoms with Crippen molar-refractivity contribution in [3.63, 3.8) is 0 Å². The Kier molecular flexibility index (Phi) is 5.56. The molecule has 4 heteroatoms. The molecule has 0 rings (SSSR count). The second kappa shape index (κ2) is 5.78. The maximum absolute atomic E-state index is 9.86. The van der Waals surface area contributed by atoms with E-state index in [4.69, 9.17) is 5.73 Å². The lowest BCUT2D eigenvalue weighted by Gasteiger charge is -1.97. The average molecular weight is 146 g/mol. The zero-order valence-electron chi connectivity index (χ0n) is 4.87. The summed E-state index contributed by atoms with van der Waals surface area (Å²) in [6.07, 6.45) is 2.35. The van der Waals surface area contributed by atoms with Crippen LogP contribution in [0.3, 0.4) is 0 Å². The smallest absolute Gasteiger partial charge is 0.209 e. The molecule has 0 aromatic carbocycles. The summed E-state index contributed by atoms with van der Waals surface area (Å²) in [5.74, 6) is 0.792. The second-order valence-electron chi connectivity index (χ2n) is 1.46. The fourth-order valence-electron chi connectivity index (χ4n) is 0.276. The number of carbonyl (C=O) groups excluding carboxylic acids is 2. The van der Waals surface area contributed by atoms with Crippen molar-refractivity contribution in [3.05, 3.63) is 0 Å². The summed E-state index contributed by atoms with van der Waals surface area (Å²) in [4.78, 5) is 19.5. The standard InChI is InChI=1S/C5H8NO2S/c6-5(3-8)4-9-2-1-7/h3,5H,2,4,6H2/t5-/m1/s1. The van der Waals surface area contributed by atoms with Crippen LogP contribution in [0.2, 0.25) is 0 Å². The minimum Gasteiger partial charge on any atom is -0.321 e. The zero-order chi connectivity index (χ0) is 7.11. The predicted octanol–water partition coefficient (Wildman–Crippen LogP) is -0.645. The largest absolute Gasteiger partial charge is 0.321 e. The van der Waals surface area contributed by atoms with Crippen molar-refractivity contribution in [1.82, 2.24) is 0 Å².